The molecule has 6 atom stereocenters. The number of hydrogen-bond donors (Lipinski definition) is 1. The van der Waals surface area contributed by atoms with E-state index in [0.29, 0.717) is 0 Å². The first kappa shape index (κ1) is 23.6. The van der Waals surface area contributed by atoms with E-state index in [4.69, 9.17) is 28.4 Å². The van der Waals surface area contributed by atoms with Crippen LogP contribution in [0.4, 0.5) is 0 Å². The van der Waals surface area contributed by atoms with Gasteiger partial charge in [-0.2, -0.15) is 0 Å². The largest absolute Gasteiger partial charge is 0.467 e. The Morgan fingerprint density at radius 2 is 1.97 bits per heavy atom. The number of ether oxygens (including phenoxy) is 6. The second-order valence-corrected chi connectivity index (χ2v) is 8.13. The molecule has 2 fully saturated rings. The van der Waals surface area contributed by atoms with Crippen molar-refractivity contribution in [2.24, 2.45) is 0 Å². The van der Waals surface area contributed by atoms with Gasteiger partial charge in [0.1, 0.15) is 24.4 Å². The van der Waals surface area contributed by atoms with Crippen molar-refractivity contribution < 1.29 is 38.0 Å². The van der Waals surface area contributed by atoms with Gasteiger partial charge < -0.3 is 33.7 Å². The molecule has 1 N–H and O–H groups in total. The Balaban J connectivity index is 1.86. The molecule has 1 aromatic carbocycles. The quantitative estimate of drug-likeness (QED) is 0.641. The van der Waals surface area contributed by atoms with Gasteiger partial charge in [-0.05, 0) is 26.3 Å². The molecule has 2 aliphatic rings. The Morgan fingerprint density at radius 1 is 1.26 bits per heavy atom. The summed E-state index contributed by atoms with van der Waals surface area (Å²) in [6, 6.07) is 8.89. The zero-order chi connectivity index (χ0) is 22.6. The minimum absolute atomic E-state index is 0.252. The topological polar surface area (TPSA) is 102 Å². The highest BCUT2D eigenvalue weighted by Crippen LogP contribution is 2.35. The Hall–Kier alpha value is -2.04. The van der Waals surface area contributed by atoms with Crippen molar-refractivity contribution in [1.29, 1.82) is 0 Å². The molecule has 2 saturated heterocycles. The molecule has 0 saturated carbocycles. The molecule has 9 nitrogen and oxygen atoms in total. The predicted octanol–water partition coefficient (Wildman–Crippen LogP) is 1.53. The minimum Gasteiger partial charge on any atom is -0.467 e. The predicted molar refractivity (Wildman–Crippen MR) is 109 cm³/mol. The summed E-state index contributed by atoms with van der Waals surface area (Å²) in [4.78, 5) is 24.0. The van der Waals surface area contributed by atoms with Gasteiger partial charge >= 0.3 is 5.97 Å². The molecule has 0 bridgehead atoms. The van der Waals surface area contributed by atoms with E-state index < -0.39 is 48.5 Å². The smallest absolute Gasteiger partial charge is 0.334 e. The van der Waals surface area contributed by atoms with Crippen LogP contribution in [0.3, 0.4) is 0 Å². The molecule has 0 spiro atoms. The number of rotatable bonds is 7. The van der Waals surface area contributed by atoms with Crippen molar-refractivity contribution in [3.63, 3.8) is 0 Å². The first-order valence-electron chi connectivity index (χ1n) is 10.3. The van der Waals surface area contributed by atoms with Crippen LogP contribution in [0.1, 0.15) is 33.3 Å². The summed E-state index contributed by atoms with van der Waals surface area (Å²) in [6.07, 6.45) is -3.55. The van der Waals surface area contributed by atoms with Crippen molar-refractivity contribution in [2.75, 3.05) is 13.7 Å². The van der Waals surface area contributed by atoms with Gasteiger partial charge in [-0.15, -0.1) is 0 Å². The summed E-state index contributed by atoms with van der Waals surface area (Å²) >= 11 is 0. The zero-order valence-electron chi connectivity index (χ0n) is 18.5. The zero-order valence-corrected chi connectivity index (χ0v) is 18.5. The molecule has 0 aliphatic carbocycles. The van der Waals surface area contributed by atoms with E-state index in [1.807, 2.05) is 30.3 Å². The molecule has 2 aliphatic heterocycles. The van der Waals surface area contributed by atoms with Crippen LogP contribution in [0.2, 0.25) is 0 Å². The van der Waals surface area contributed by atoms with Gasteiger partial charge in [0.25, 0.3) is 0 Å². The lowest BCUT2D eigenvalue weighted by Gasteiger charge is -2.51. The van der Waals surface area contributed by atoms with Crippen LogP contribution in [-0.4, -0.2) is 68.1 Å². The van der Waals surface area contributed by atoms with E-state index in [0.717, 1.165) is 5.56 Å². The fourth-order valence-electron chi connectivity index (χ4n) is 3.73. The summed E-state index contributed by atoms with van der Waals surface area (Å²) in [5.41, 5.74) is 0.951. The lowest BCUT2D eigenvalue weighted by molar-refractivity contribution is -0.374. The van der Waals surface area contributed by atoms with Crippen molar-refractivity contribution in [3.05, 3.63) is 35.9 Å². The molecule has 2 heterocycles. The molecule has 31 heavy (non-hydrogen) atoms. The number of benzene rings is 1. The van der Waals surface area contributed by atoms with Gasteiger partial charge in [-0.1, -0.05) is 30.3 Å². The minimum atomic E-state index is -0.880. The van der Waals surface area contributed by atoms with Crippen molar-refractivity contribution >= 4 is 11.9 Å². The Morgan fingerprint density at radius 3 is 2.61 bits per heavy atom. The second kappa shape index (κ2) is 10.1. The fraction of sp³-hybridized carbons (Fsp3) is 0.636. The first-order chi connectivity index (χ1) is 14.7. The average Bonchev–Trinajstić information content (AvgIpc) is 2.73. The van der Waals surface area contributed by atoms with Crippen LogP contribution in [0.5, 0.6) is 0 Å². The number of hydrogen-bond acceptors (Lipinski definition) is 8. The second-order valence-electron chi connectivity index (χ2n) is 8.13. The van der Waals surface area contributed by atoms with Crippen LogP contribution in [-0.2, 0) is 44.6 Å². The van der Waals surface area contributed by atoms with Gasteiger partial charge in [0.2, 0.25) is 5.91 Å². The summed E-state index contributed by atoms with van der Waals surface area (Å²) in [7, 11) is 1.29. The maximum Gasteiger partial charge on any atom is 0.334 e. The standard InChI is InChI=1S/C22H31NO8/c1-13(20(25)26-5)29-19-17(23-14(2)24)21(27-11-15-9-7-6-8-10-15)30-16-12-28-22(3,4)31-18(16)19/h6-10,13,16-19,21H,11-12H2,1-5H3,(H,23,24)/t13-,16-,17-,18-,19+,21+/m0/s1. The average molecular weight is 437 g/mol. The van der Waals surface area contributed by atoms with E-state index in [9.17, 15) is 9.59 Å². The summed E-state index contributed by atoms with van der Waals surface area (Å²) in [5, 5.41) is 2.85. The molecule has 172 valence electrons. The molecular formula is C22H31NO8. The summed E-state index contributed by atoms with van der Waals surface area (Å²) in [6.45, 7) is 7.08. The van der Waals surface area contributed by atoms with Crippen molar-refractivity contribution in [1.82, 2.24) is 5.32 Å². The maximum atomic E-state index is 12.0. The Bertz CT molecular complexity index is 755. The highest BCUT2D eigenvalue weighted by atomic mass is 16.8. The van der Waals surface area contributed by atoms with Crippen LogP contribution in [0, 0.1) is 0 Å². The normalized spacial score (nSPS) is 30.7. The molecule has 1 amide bonds. The van der Waals surface area contributed by atoms with Gasteiger partial charge in [-0.3, -0.25) is 4.79 Å². The third-order valence-electron chi connectivity index (χ3n) is 5.18. The number of fused-ring (bicyclic) bond motifs is 1. The summed E-state index contributed by atoms with van der Waals surface area (Å²) < 4.78 is 34.9. The molecule has 0 radical (unpaired) electrons. The van der Waals surface area contributed by atoms with Crippen LogP contribution in [0.25, 0.3) is 0 Å². The van der Waals surface area contributed by atoms with Crippen molar-refractivity contribution in [3.8, 4) is 0 Å². The van der Waals surface area contributed by atoms with Crippen LogP contribution in [0.15, 0.2) is 30.3 Å². The molecule has 0 aromatic heterocycles. The highest BCUT2D eigenvalue weighted by molar-refractivity contribution is 5.74. The fourth-order valence-corrected chi connectivity index (χ4v) is 3.73. The number of carbonyl (C=O) groups excluding carboxylic acids is 2. The van der Waals surface area contributed by atoms with Crippen LogP contribution >= 0.6 is 0 Å². The maximum absolute atomic E-state index is 12.0. The Kier molecular flexibility index (Phi) is 7.66. The molecule has 9 heteroatoms. The molecule has 1 aromatic rings. The molecular weight excluding hydrogens is 406 g/mol. The van der Waals surface area contributed by atoms with E-state index in [1.165, 1.54) is 14.0 Å². The number of carbonyl (C=O) groups is 2. The lowest BCUT2D eigenvalue weighted by atomic mass is 9.94. The van der Waals surface area contributed by atoms with E-state index in [1.54, 1.807) is 20.8 Å². The Labute approximate surface area is 182 Å². The third kappa shape index (κ3) is 6.02. The number of methoxy groups -OCH3 is 1. The monoisotopic (exact) mass is 437 g/mol. The van der Waals surface area contributed by atoms with Gasteiger partial charge in [0.05, 0.1) is 20.3 Å². The van der Waals surface area contributed by atoms with Crippen LogP contribution < -0.4 is 5.32 Å². The number of amides is 1. The van der Waals surface area contributed by atoms with Crippen molar-refractivity contribution in [2.45, 2.75) is 76.8 Å². The van der Waals surface area contributed by atoms with E-state index >= 15 is 0 Å². The lowest BCUT2D eigenvalue weighted by Crippen LogP contribution is -2.69. The van der Waals surface area contributed by atoms with E-state index in [2.05, 4.69) is 5.32 Å². The number of esters is 1. The molecule has 3 rings (SSSR count). The highest BCUT2D eigenvalue weighted by Gasteiger charge is 2.53. The van der Waals surface area contributed by atoms with Gasteiger partial charge in [0.15, 0.2) is 18.2 Å². The summed E-state index contributed by atoms with van der Waals surface area (Å²) in [5.74, 6) is -1.69. The van der Waals surface area contributed by atoms with Gasteiger partial charge in [-0.25, -0.2) is 4.79 Å². The number of nitrogens with one attached hydrogen (secondary N) is 1. The van der Waals surface area contributed by atoms with Gasteiger partial charge in [0, 0.05) is 6.92 Å². The van der Waals surface area contributed by atoms with E-state index in [-0.39, 0.29) is 19.1 Å². The third-order valence-corrected chi connectivity index (χ3v) is 5.18. The molecule has 0 unspecified atom stereocenters. The SMILES string of the molecule is COC(=O)[C@H](C)O[C@@H]1[C@H](NC(C)=O)[C@H](OCc2ccccc2)O[C@H]2COC(C)(C)O[C@H]12. The first-order valence-corrected chi connectivity index (χ1v) is 10.3.